The number of benzene rings is 1. The molecule has 7 heteroatoms. The van der Waals surface area contributed by atoms with Crippen LogP contribution in [0.4, 0.5) is 5.69 Å². The van der Waals surface area contributed by atoms with Crippen molar-refractivity contribution >= 4 is 46.4 Å². The van der Waals surface area contributed by atoms with Gasteiger partial charge in [0.2, 0.25) is 5.91 Å². The molecule has 2 unspecified atom stereocenters. The highest BCUT2D eigenvalue weighted by atomic mass is 35.5. The summed E-state index contributed by atoms with van der Waals surface area (Å²) in [6.45, 7) is 2.19. The van der Waals surface area contributed by atoms with Gasteiger partial charge in [0.1, 0.15) is 0 Å². The standard InChI is InChI=1S/C15H18Cl3N3O/c16-9-5-12(17)15(13(18)6-9)20-14(22)8-21-4-3-10-1-2-11(7-21)19-10/h5-6,10-11,19H,1-4,7-8H2,(H,20,22). The molecule has 2 N–H and O–H groups in total. The SMILES string of the molecule is O=C(CN1CCC2CCC(C1)N2)Nc1c(Cl)cc(Cl)cc1Cl. The summed E-state index contributed by atoms with van der Waals surface area (Å²) in [7, 11) is 0. The van der Waals surface area contributed by atoms with Gasteiger partial charge < -0.3 is 10.6 Å². The molecule has 2 fully saturated rings. The van der Waals surface area contributed by atoms with Gasteiger partial charge in [0, 0.05) is 30.2 Å². The average molecular weight is 363 g/mol. The molecule has 0 spiro atoms. The maximum atomic E-state index is 12.3. The van der Waals surface area contributed by atoms with Gasteiger partial charge in [-0.2, -0.15) is 0 Å². The zero-order chi connectivity index (χ0) is 15.7. The molecule has 2 saturated heterocycles. The van der Waals surface area contributed by atoms with Crippen LogP contribution in [0.1, 0.15) is 19.3 Å². The molecule has 1 aromatic carbocycles. The maximum Gasteiger partial charge on any atom is 0.238 e. The lowest BCUT2D eigenvalue weighted by atomic mass is 10.1. The minimum Gasteiger partial charge on any atom is -0.322 e. The lowest BCUT2D eigenvalue weighted by Crippen LogP contribution is -2.39. The molecule has 1 amide bonds. The van der Waals surface area contributed by atoms with Crippen LogP contribution >= 0.6 is 34.8 Å². The monoisotopic (exact) mass is 361 g/mol. The number of likely N-dealkylation sites (tertiary alicyclic amines) is 1. The van der Waals surface area contributed by atoms with Gasteiger partial charge in [0.25, 0.3) is 0 Å². The summed E-state index contributed by atoms with van der Waals surface area (Å²) in [6.07, 6.45) is 3.53. The molecule has 0 aromatic heterocycles. The van der Waals surface area contributed by atoms with E-state index in [4.69, 9.17) is 34.8 Å². The van der Waals surface area contributed by atoms with Crippen molar-refractivity contribution in [3.63, 3.8) is 0 Å². The summed E-state index contributed by atoms with van der Waals surface area (Å²) in [5.74, 6) is -0.108. The van der Waals surface area contributed by atoms with E-state index in [1.807, 2.05) is 0 Å². The van der Waals surface area contributed by atoms with Gasteiger partial charge in [-0.15, -0.1) is 0 Å². The highest BCUT2D eigenvalue weighted by Crippen LogP contribution is 2.33. The molecular formula is C15H18Cl3N3O. The van der Waals surface area contributed by atoms with Gasteiger partial charge in [-0.25, -0.2) is 0 Å². The summed E-state index contributed by atoms with van der Waals surface area (Å²) in [6, 6.07) is 4.25. The summed E-state index contributed by atoms with van der Waals surface area (Å²) in [4.78, 5) is 14.4. The first-order chi connectivity index (χ1) is 10.5. The van der Waals surface area contributed by atoms with Crippen molar-refractivity contribution in [2.45, 2.75) is 31.3 Å². The molecule has 4 nitrogen and oxygen atoms in total. The number of carbonyl (C=O) groups excluding carboxylic acids is 1. The second-order valence-electron chi connectivity index (χ2n) is 5.95. The number of carbonyl (C=O) groups is 1. The summed E-state index contributed by atoms with van der Waals surface area (Å²) >= 11 is 18.1. The van der Waals surface area contributed by atoms with E-state index in [0.717, 1.165) is 19.5 Å². The molecular weight excluding hydrogens is 345 g/mol. The van der Waals surface area contributed by atoms with Crippen LogP contribution in [0, 0.1) is 0 Å². The van der Waals surface area contributed by atoms with E-state index in [9.17, 15) is 4.79 Å². The van der Waals surface area contributed by atoms with Crippen LogP contribution in [0.25, 0.3) is 0 Å². The van der Waals surface area contributed by atoms with E-state index in [-0.39, 0.29) is 5.91 Å². The summed E-state index contributed by atoms with van der Waals surface area (Å²) < 4.78 is 0. The Bertz CT molecular complexity index is 558. The number of hydrogen-bond acceptors (Lipinski definition) is 3. The molecule has 2 atom stereocenters. The van der Waals surface area contributed by atoms with E-state index in [0.29, 0.717) is 39.4 Å². The molecule has 0 aliphatic carbocycles. The summed E-state index contributed by atoms with van der Waals surface area (Å²) in [5, 5.41) is 7.54. The molecule has 120 valence electrons. The zero-order valence-electron chi connectivity index (χ0n) is 12.0. The number of halogens is 3. The fourth-order valence-electron chi connectivity index (χ4n) is 3.20. The molecule has 0 radical (unpaired) electrons. The fraction of sp³-hybridized carbons (Fsp3) is 0.533. The Morgan fingerprint density at radius 2 is 1.86 bits per heavy atom. The van der Waals surface area contributed by atoms with Gasteiger partial charge >= 0.3 is 0 Å². The van der Waals surface area contributed by atoms with Crippen LogP contribution in [0.3, 0.4) is 0 Å². The Kier molecular flexibility index (Phi) is 5.15. The Morgan fingerprint density at radius 1 is 1.18 bits per heavy atom. The van der Waals surface area contributed by atoms with Gasteiger partial charge in [0.15, 0.2) is 0 Å². The Labute approximate surface area is 145 Å². The smallest absolute Gasteiger partial charge is 0.238 e. The minimum absolute atomic E-state index is 0.108. The third kappa shape index (κ3) is 3.87. The topological polar surface area (TPSA) is 44.4 Å². The van der Waals surface area contributed by atoms with Gasteiger partial charge in [-0.3, -0.25) is 9.69 Å². The van der Waals surface area contributed by atoms with Crippen molar-refractivity contribution in [3.8, 4) is 0 Å². The van der Waals surface area contributed by atoms with Crippen LogP contribution < -0.4 is 10.6 Å². The molecule has 2 heterocycles. The third-order valence-corrected chi connectivity index (χ3v) is 5.06. The molecule has 2 aliphatic rings. The van der Waals surface area contributed by atoms with E-state index in [1.54, 1.807) is 12.1 Å². The predicted molar refractivity (Wildman–Crippen MR) is 91.1 cm³/mol. The Balaban J connectivity index is 1.61. The van der Waals surface area contributed by atoms with Crippen LogP contribution in [-0.2, 0) is 4.79 Å². The number of nitrogens with one attached hydrogen (secondary N) is 2. The van der Waals surface area contributed by atoms with Crippen molar-refractivity contribution in [2.24, 2.45) is 0 Å². The lowest BCUT2D eigenvalue weighted by Gasteiger charge is -2.23. The highest BCUT2D eigenvalue weighted by molar-refractivity contribution is 6.42. The summed E-state index contributed by atoms with van der Waals surface area (Å²) in [5.41, 5.74) is 0.423. The number of hydrogen-bond donors (Lipinski definition) is 2. The highest BCUT2D eigenvalue weighted by Gasteiger charge is 2.29. The van der Waals surface area contributed by atoms with Gasteiger partial charge in [-0.05, 0) is 31.4 Å². The first kappa shape index (κ1) is 16.3. The quantitative estimate of drug-likeness (QED) is 0.866. The number of amides is 1. The van der Waals surface area contributed by atoms with Crippen molar-refractivity contribution in [1.82, 2.24) is 10.2 Å². The molecule has 2 bridgehead atoms. The van der Waals surface area contributed by atoms with Crippen LogP contribution in [-0.4, -0.2) is 42.5 Å². The molecule has 1 aromatic rings. The van der Waals surface area contributed by atoms with Crippen LogP contribution in [0.15, 0.2) is 12.1 Å². The van der Waals surface area contributed by atoms with Crippen molar-refractivity contribution < 1.29 is 4.79 Å². The van der Waals surface area contributed by atoms with E-state index in [2.05, 4.69) is 15.5 Å². The number of rotatable bonds is 3. The molecule has 3 rings (SSSR count). The van der Waals surface area contributed by atoms with Crippen molar-refractivity contribution in [1.29, 1.82) is 0 Å². The van der Waals surface area contributed by atoms with Crippen molar-refractivity contribution in [3.05, 3.63) is 27.2 Å². The first-order valence-electron chi connectivity index (χ1n) is 7.44. The largest absolute Gasteiger partial charge is 0.322 e. The van der Waals surface area contributed by atoms with Gasteiger partial charge in [0.05, 0.1) is 22.3 Å². The minimum atomic E-state index is -0.108. The zero-order valence-corrected chi connectivity index (χ0v) is 14.3. The van der Waals surface area contributed by atoms with E-state index in [1.165, 1.54) is 12.8 Å². The fourth-order valence-corrected chi connectivity index (χ4v) is 4.11. The van der Waals surface area contributed by atoms with E-state index >= 15 is 0 Å². The van der Waals surface area contributed by atoms with Gasteiger partial charge in [-0.1, -0.05) is 34.8 Å². The van der Waals surface area contributed by atoms with E-state index < -0.39 is 0 Å². The Hall–Kier alpha value is -0.520. The molecule has 0 saturated carbocycles. The number of anilines is 1. The van der Waals surface area contributed by atoms with Crippen LogP contribution in [0.2, 0.25) is 15.1 Å². The number of nitrogens with zero attached hydrogens (tertiary/aromatic N) is 1. The normalized spacial score (nSPS) is 25.0. The Morgan fingerprint density at radius 3 is 2.59 bits per heavy atom. The lowest BCUT2D eigenvalue weighted by molar-refractivity contribution is -0.117. The molecule has 22 heavy (non-hydrogen) atoms. The second kappa shape index (κ2) is 6.93. The molecule has 2 aliphatic heterocycles. The number of fused-ring (bicyclic) bond motifs is 2. The van der Waals surface area contributed by atoms with Crippen LogP contribution in [0.5, 0.6) is 0 Å². The predicted octanol–water partition coefficient (Wildman–Crippen LogP) is 3.41. The first-order valence-corrected chi connectivity index (χ1v) is 8.57. The third-order valence-electron chi connectivity index (χ3n) is 4.25. The van der Waals surface area contributed by atoms with Crippen molar-refractivity contribution in [2.75, 3.05) is 25.0 Å². The second-order valence-corrected chi connectivity index (χ2v) is 7.21. The maximum absolute atomic E-state index is 12.3. The average Bonchev–Trinajstić information content (AvgIpc) is 2.77.